The first-order chi connectivity index (χ1) is 24.8. The van der Waals surface area contributed by atoms with Gasteiger partial charge in [0.25, 0.3) is 0 Å². The molecule has 0 saturated carbocycles. The molecule has 0 N–H and O–H groups in total. The number of nitrogens with zero attached hydrogens (tertiary/aromatic N) is 4. The van der Waals surface area contributed by atoms with Crippen molar-refractivity contribution in [1.82, 2.24) is 19.9 Å². The minimum atomic E-state index is -0.472. The minimum absolute atomic E-state index is 0.472. The van der Waals surface area contributed by atoms with Gasteiger partial charge in [0.05, 0.1) is 11.1 Å². The first-order valence-electron chi connectivity index (χ1n) is 16.7. The monoisotopic (exact) mass is 656 g/mol. The zero-order chi connectivity index (χ0) is 33.1. The van der Waals surface area contributed by atoms with Crippen molar-refractivity contribution in [2.45, 2.75) is 15.2 Å². The third-order valence-electron chi connectivity index (χ3n) is 9.88. The fourth-order valence-corrected chi connectivity index (χ4v) is 8.84. The van der Waals surface area contributed by atoms with Crippen molar-refractivity contribution < 1.29 is 0 Å². The normalized spacial score (nSPS) is 13.3. The van der Waals surface area contributed by atoms with E-state index in [-0.39, 0.29) is 0 Å². The Hall–Kier alpha value is -6.17. The molecule has 0 amide bonds. The molecule has 0 radical (unpaired) electrons. The fourth-order valence-electron chi connectivity index (χ4n) is 7.67. The number of hydrogen-bond donors (Lipinski definition) is 0. The quantitative estimate of drug-likeness (QED) is 0.189. The Kier molecular flexibility index (Phi) is 6.61. The van der Waals surface area contributed by atoms with Crippen molar-refractivity contribution in [2.75, 3.05) is 0 Å². The largest absolute Gasteiger partial charge is 0.256 e. The summed E-state index contributed by atoms with van der Waals surface area (Å²) < 4.78 is 0. The minimum Gasteiger partial charge on any atom is -0.256 e. The summed E-state index contributed by atoms with van der Waals surface area (Å²) in [5.74, 6) is 1.91. The van der Waals surface area contributed by atoms with Crippen molar-refractivity contribution in [1.29, 1.82) is 0 Å². The van der Waals surface area contributed by atoms with E-state index in [0.29, 0.717) is 17.5 Å². The molecule has 5 heteroatoms. The van der Waals surface area contributed by atoms with Gasteiger partial charge in [-0.05, 0) is 63.7 Å². The predicted molar refractivity (Wildman–Crippen MR) is 201 cm³/mol. The standard InChI is InChI=1S/C45H28N4S/c1-2-12-30(13-3-1)42-47-43(31-23-21-29(22-24-31)39-19-10-11-27-46-39)49-44(48-42)32-25-26-41-38(28-32)45(37-18-8-9-20-40(37)50-41)35-16-6-4-14-33(35)34-15-5-7-17-36(34)45/h1-28H. The molecule has 0 atom stereocenters. The summed E-state index contributed by atoms with van der Waals surface area (Å²) in [6.07, 6.45) is 1.82. The van der Waals surface area contributed by atoms with Crippen molar-refractivity contribution in [3.05, 3.63) is 192 Å². The molecule has 0 fully saturated rings. The van der Waals surface area contributed by atoms with E-state index in [2.05, 4.69) is 132 Å². The zero-order valence-corrected chi connectivity index (χ0v) is 27.7. The van der Waals surface area contributed by atoms with Crippen molar-refractivity contribution in [2.24, 2.45) is 0 Å². The van der Waals surface area contributed by atoms with Gasteiger partial charge in [0.1, 0.15) is 0 Å². The number of aromatic nitrogens is 4. The van der Waals surface area contributed by atoms with Gasteiger partial charge in [-0.25, -0.2) is 15.0 Å². The topological polar surface area (TPSA) is 51.6 Å². The highest BCUT2D eigenvalue weighted by Crippen LogP contribution is 2.62. The molecule has 0 unspecified atom stereocenters. The highest BCUT2D eigenvalue weighted by molar-refractivity contribution is 7.99. The molecule has 3 heterocycles. The second kappa shape index (κ2) is 11.5. The lowest BCUT2D eigenvalue weighted by molar-refractivity contribution is 0.722. The first-order valence-corrected chi connectivity index (χ1v) is 17.5. The van der Waals surface area contributed by atoms with E-state index in [1.54, 1.807) is 0 Å². The lowest BCUT2D eigenvalue weighted by atomic mass is 9.67. The van der Waals surface area contributed by atoms with Crippen LogP contribution in [0.25, 0.3) is 56.5 Å². The van der Waals surface area contributed by atoms with E-state index in [0.717, 1.165) is 27.9 Å². The molecule has 1 aliphatic carbocycles. The maximum Gasteiger partial charge on any atom is 0.164 e. The number of fused-ring (bicyclic) bond motifs is 9. The summed E-state index contributed by atoms with van der Waals surface area (Å²) in [5.41, 5.74) is 12.1. The lowest BCUT2D eigenvalue weighted by Gasteiger charge is -2.39. The second-order valence-electron chi connectivity index (χ2n) is 12.6. The van der Waals surface area contributed by atoms with E-state index in [4.69, 9.17) is 15.0 Å². The Bertz CT molecular complexity index is 2520. The molecule has 10 rings (SSSR count). The molecular weight excluding hydrogens is 629 g/mol. The third kappa shape index (κ3) is 4.40. The molecule has 4 nitrogen and oxygen atoms in total. The Morgan fingerprint density at radius 3 is 1.58 bits per heavy atom. The number of rotatable bonds is 4. The van der Waals surface area contributed by atoms with Gasteiger partial charge in [0.15, 0.2) is 17.5 Å². The molecule has 6 aromatic carbocycles. The Balaban J connectivity index is 1.18. The zero-order valence-electron chi connectivity index (χ0n) is 26.9. The Labute approximate surface area is 294 Å². The molecule has 2 aromatic heterocycles. The predicted octanol–water partition coefficient (Wildman–Crippen LogP) is 10.8. The average molecular weight is 657 g/mol. The van der Waals surface area contributed by atoms with E-state index in [9.17, 15) is 0 Å². The summed E-state index contributed by atoms with van der Waals surface area (Å²) in [4.78, 5) is 22.3. The highest BCUT2D eigenvalue weighted by atomic mass is 32.2. The maximum absolute atomic E-state index is 5.15. The molecule has 0 bridgehead atoms. The van der Waals surface area contributed by atoms with Gasteiger partial charge >= 0.3 is 0 Å². The summed E-state index contributed by atoms with van der Waals surface area (Å²) in [6.45, 7) is 0. The third-order valence-corrected chi connectivity index (χ3v) is 11.0. The highest BCUT2D eigenvalue weighted by Gasteiger charge is 2.50. The van der Waals surface area contributed by atoms with Gasteiger partial charge < -0.3 is 0 Å². The van der Waals surface area contributed by atoms with Gasteiger partial charge in [-0.15, -0.1) is 0 Å². The van der Waals surface area contributed by atoms with Crippen LogP contribution in [0.1, 0.15) is 22.3 Å². The fraction of sp³-hybridized carbons (Fsp3) is 0.0222. The summed E-state index contributed by atoms with van der Waals surface area (Å²) in [6, 6.07) is 57.8. The molecule has 0 saturated heterocycles. The summed E-state index contributed by atoms with van der Waals surface area (Å²) in [5, 5.41) is 0. The van der Waals surface area contributed by atoms with Crippen LogP contribution in [0.3, 0.4) is 0 Å². The van der Waals surface area contributed by atoms with Crippen LogP contribution in [-0.4, -0.2) is 19.9 Å². The SMILES string of the molecule is c1ccc(-c2nc(-c3ccc(-c4ccccn4)cc3)nc(-c3ccc4c(c3)C3(c5ccccc5S4)c4ccccc4-c4ccccc43)n2)cc1. The molecule has 50 heavy (non-hydrogen) atoms. The number of benzene rings is 6. The summed E-state index contributed by atoms with van der Waals surface area (Å²) >= 11 is 1.84. The van der Waals surface area contributed by atoms with E-state index < -0.39 is 5.41 Å². The molecule has 1 aliphatic heterocycles. The van der Waals surface area contributed by atoms with Crippen LogP contribution in [0.2, 0.25) is 0 Å². The first kappa shape index (κ1) is 28.8. The van der Waals surface area contributed by atoms with Gasteiger partial charge in [-0.2, -0.15) is 0 Å². The van der Waals surface area contributed by atoms with Crippen LogP contribution in [-0.2, 0) is 5.41 Å². The van der Waals surface area contributed by atoms with Gasteiger partial charge in [-0.1, -0.05) is 145 Å². The van der Waals surface area contributed by atoms with Crippen LogP contribution in [0, 0.1) is 0 Å². The van der Waals surface area contributed by atoms with E-state index >= 15 is 0 Å². The van der Waals surface area contributed by atoms with Gasteiger partial charge in [0.2, 0.25) is 0 Å². The van der Waals surface area contributed by atoms with Crippen LogP contribution in [0.4, 0.5) is 0 Å². The van der Waals surface area contributed by atoms with Crippen LogP contribution in [0.15, 0.2) is 180 Å². The second-order valence-corrected chi connectivity index (χ2v) is 13.7. The molecule has 2 aliphatic rings. The van der Waals surface area contributed by atoms with Crippen LogP contribution in [0.5, 0.6) is 0 Å². The van der Waals surface area contributed by atoms with Crippen molar-refractivity contribution >= 4 is 11.8 Å². The molecule has 8 aromatic rings. The van der Waals surface area contributed by atoms with Gasteiger partial charge in [-0.3, -0.25) is 4.98 Å². The average Bonchev–Trinajstić information content (AvgIpc) is 3.49. The van der Waals surface area contributed by atoms with Crippen LogP contribution >= 0.6 is 11.8 Å². The Morgan fingerprint density at radius 1 is 0.380 bits per heavy atom. The molecular formula is C45H28N4S. The Morgan fingerprint density at radius 2 is 0.900 bits per heavy atom. The number of pyridine rings is 1. The maximum atomic E-state index is 5.15. The van der Waals surface area contributed by atoms with E-state index in [1.165, 1.54) is 43.2 Å². The smallest absolute Gasteiger partial charge is 0.164 e. The van der Waals surface area contributed by atoms with Crippen molar-refractivity contribution in [3.8, 4) is 56.5 Å². The van der Waals surface area contributed by atoms with E-state index in [1.807, 2.05) is 54.4 Å². The van der Waals surface area contributed by atoms with Crippen LogP contribution < -0.4 is 0 Å². The molecule has 1 spiro atoms. The molecule has 234 valence electrons. The lowest BCUT2D eigenvalue weighted by Crippen LogP contribution is -2.32. The number of hydrogen-bond acceptors (Lipinski definition) is 5. The summed E-state index contributed by atoms with van der Waals surface area (Å²) in [7, 11) is 0. The van der Waals surface area contributed by atoms with Crippen molar-refractivity contribution in [3.63, 3.8) is 0 Å². The van der Waals surface area contributed by atoms with Gasteiger partial charge in [0, 0.05) is 38.2 Å².